The predicted molar refractivity (Wildman–Crippen MR) is 145 cm³/mol. The molecule has 1 fully saturated rings. The normalized spacial score (nSPS) is 16.8. The summed E-state index contributed by atoms with van der Waals surface area (Å²) in [6.45, 7) is 5.05. The lowest BCUT2D eigenvalue weighted by Crippen LogP contribution is -2.29. The average molecular weight is 553 g/mol. The summed E-state index contributed by atoms with van der Waals surface area (Å²) < 4.78 is 46.8. The van der Waals surface area contributed by atoms with Gasteiger partial charge in [0.2, 0.25) is 5.78 Å². The third-order valence-corrected chi connectivity index (χ3v) is 9.25. The number of aryl methyl sites for hydroxylation is 1. The molecule has 0 spiro atoms. The second-order valence-corrected chi connectivity index (χ2v) is 11.7. The molecule has 0 amide bonds. The van der Waals surface area contributed by atoms with Gasteiger partial charge in [-0.2, -0.15) is 0 Å². The standard InChI is InChI=1S/C29H32N2O7S/c1-19-15-24(20(2)30(19)17-22-8-6-14-37-22)27(32)18-38-29(33)25-16-23(10-11-28(25)36-3)39(34,35)31-13-12-21-7-4-5-9-26(21)31/h4-5,7,9-11,15-16,22H,6,8,12-14,17-18H2,1-3H3/t22-/m0/s1. The highest BCUT2D eigenvalue weighted by molar-refractivity contribution is 7.92. The number of anilines is 1. The Bertz CT molecular complexity index is 1520. The van der Waals surface area contributed by atoms with Crippen molar-refractivity contribution in [3.8, 4) is 5.75 Å². The van der Waals surface area contributed by atoms with E-state index < -0.39 is 22.6 Å². The third-order valence-electron chi connectivity index (χ3n) is 7.44. The second-order valence-electron chi connectivity index (χ2n) is 9.85. The van der Waals surface area contributed by atoms with E-state index in [-0.39, 0.29) is 28.1 Å². The number of sulfonamides is 1. The van der Waals surface area contributed by atoms with Gasteiger partial charge in [0, 0.05) is 36.6 Å². The zero-order valence-corrected chi connectivity index (χ0v) is 23.1. The smallest absolute Gasteiger partial charge is 0.342 e. The van der Waals surface area contributed by atoms with Crippen LogP contribution in [-0.2, 0) is 32.5 Å². The molecule has 2 aliphatic heterocycles. The number of ether oxygens (including phenoxy) is 3. The van der Waals surface area contributed by atoms with Gasteiger partial charge in [0.25, 0.3) is 10.0 Å². The minimum Gasteiger partial charge on any atom is -0.496 e. The van der Waals surface area contributed by atoms with E-state index in [1.54, 1.807) is 18.2 Å². The first-order chi connectivity index (χ1) is 18.7. The van der Waals surface area contributed by atoms with Crippen LogP contribution in [0.25, 0.3) is 0 Å². The van der Waals surface area contributed by atoms with Crippen molar-refractivity contribution >= 4 is 27.5 Å². The highest BCUT2D eigenvalue weighted by Gasteiger charge is 2.32. The van der Waals surface area contributed by atoms with E-state index in [1.807, 2.05) is 26.0 Å². The molecular formula is C29H32N2O7S. The molecule has 10 heteroatoms. The van der Waals surface area contributed by atoms with Gasteiger partial charge >= 0.3 is 5.97 Å². The van der Waals surface area contributed by atoms with Gasteiger partial charge in [-0.3, -0.25) is 9.10 Å². The summed E-state index contributed by atoms with van der Waals surface area (Å²) in [5.74, 6) is -1.03. The summed E-state index contributed by atoms with van der Waals surface area (Å²) in [4.78, 5) is 26.0. The van der Waals surface area contributed by atoms with Crippen molar-refractivity contribution in [2.75, 3.05) is 31.2 Å². The van der Waals surface area contributed by atoms with Crippen molar-refractivity contribution in [1.82, 2.24) is 4.57 Å². The molecule has 3 aromatic rings. The van der Waals surface area contributed by atoms with E-state index in [0.717, 1.165) is 36.4 Å². The predicted octanol–water partition coefficient (Wildman–Crippen LogP) is 4.08. The summed E-state index contributed by atoms with van der Waals surface area (Å²) in [5.41, 5.74) is 3.71. The number of carbonyl (C=O) groups is 2. The van der Waals surface area contributed by atoms with Crippen LogP contribution in [0.15, 0.2) is 53.4 Å². The van der Waals surface area contributed by atoms with Crippen LogP contribution < -0.4 is 9.04 Å². The van der Waals surface area contributed by atoms with Gasteiger partial charge in [-0.15, -0.1) is 0 Å². The summed E-state index contributed by atoms with van der Waals surface area (Å²) >= 11 is 0. The number of rotatable bonds is 9. The Hall–Kier alpha value is -3.63. The Balaban J connectivity index is 1.32. The molecule has 2 aliphatic rings. The van der Waals surface area contributed by atoms with Crippen molar-refractivity contribution in [2.45, 2.75) is 50.7 Å². The number of hydrogen-bond acceptors (Lipinski definition) is 7. The number of para-hydroxylation sites is 1. The lowest BCUT2D eigenvalue weighted by Gasteiger charge is -2.20. The lowest BCUT2D eigenvalue weighted by molar-refractivity contribution is 0.0471. The molecule has 9 nitrogen and oxygen atoms in total. The largest absolute Gasteiger partial charge is 0.496 e. The van der Waals surface area contributed by atoms with Gasteiger partial charge in [0.1, 0.15) is 11.3 Å². The first-order valence-electron chi connectivity index (χ1n) is 13.0. The molecule has 206 valence electrons. The zero-order chi connectivity index (χ0) is 27.7. The maximum atomic E-state index is 13.5. The van der Waals surface area contributed by atoms with Crippen molar-refractivity contribution in [3.05, 3.63) is 76.6 Å². The van der Waals surface area contributed by atoms with E-state index in [1.165, 1.54) is 29.6 Å². The number of fused-ring (bicyclic) bond motifs is 1. The molecule has 0 radical (unpaired) electrons. The highest BCUT2D eigenvalue weighted by Crippen LogP contribution is 2.34. The Morgan fingerprint density at radius 3 is 2.62 bits per heavy atom. The summed E-state index contributed by atoms with van der Waals surface area (Å²) in [6.07, 6.45) is 2.75. The Morgan fingerprint density at radius 2 is 1.87 bits per heavy atom. The molecule has 39 heavy (non-hydrogen) atoms. The molecule has 1 saturated heterocycles. The van der Waals surface area contributed by atoms with Crippen molar-refractivity contribution in [3.63, 3.8) is 0 Å². The molecule has 0 aliphatic carbocycles. The lowest BCUT2D eigenvalue weighted by atomic mass is 10.1. The number of nitrogens with zero attached hydrogens (tertiary/aromatic N) is 2. The Labute approximate surface area is 228 Å². The van der Waals surface area contributed by atoms with Crippen LogP contribution in [0, 0.1) is 13.8 Å². The molecule has 0 bridgehead atoms. The molecule has 1 aromatic heterocycles. The van der Waals surface area contributed by atoms with Crippen molar-refractivity contribution in [1.29, 1.82) is 0 Å². The number of esters is 1. The molecule has 0 unspecified atom stereocenters. The first-order valence-corrected chi connectivity index (χ1v) is 14.4. The van der Waals surface area contributed by atoms with E-state index in [4.69, 9.17) is 14.2 Å². The molecular weight excluding hydrogens is 520 g/mol. The maximum absolute atomic E-state index is 13.5. The summed E-state index contributed by atoms with van der Waals surface area (Å²) in [7, 11) is -2.55. The molecule has 5 rings (SSSR count). The molecule has 0 saturated carbocycles. The van der Waals surface area contributed by atoms with Crippen LogP contribution in [0.2, 0.25) is 0 Å². The molecule has 0 N–H and O–H groups in total. The fourth-order valence-corrected chi connectivity index (χ4v) is 6.86. The van der Waals surface area contributed by atoms with Gasteiger partial charge < -0.3 is 18.8 Å². The minimum atomic E-state index is -3.94. The molecule has 2 aromatic carbocycles. The second kappa shape index (κ2) is 10.9. The van der Waals surface area contributed by atoms with Gasteiger partial charge in [-0.05, 0) is 69.0 Å². The van der Waals surface area contributed by atoms with Gasteiger partial charge in [-0.1, -0.05) is 18.2 Å². The highest BCUT2D eigenvalue weighted by atomic mass is 32.2. The van der Waals surface area contributed by atoms with Crippen LogP contribution in [0.4, 0.5) is 5.69 Å². The maximum Gasteiger partial charge on any atom is 0.342 e. The van der Waals surface area contributed by atoms with Gasteiger partial charge in [0.15, 0.2) is 6.61 Å². The fraction of sp³-hybridized carbons (Fsp3) is 0.379. The van der Waals surface area contributed by atoms with E-state index >= 15 is 0 Å². The van der Waals surface area contributed by atoms with Crippen molar-refractivity contribution < 1.29 is 32.2 Å². The number of Topliss-reactive ketones (excluding diaryl/α,β-unsaturated/α-hetero) is 1. The van der Waals surface area contributed by atoms with E-state index in [2.05, 4.69) is 4.57 Å². The number of hydrogen-bond donors (Lipinski definition) is 0. The minimum absolute atomic E-state index is 0.0593. The molecule has 1 atom stereocenters. The Kier molecular flexibility index (Phi) is 7.51. The summed E-state index contributed by atoms with van der Waals surface area (Å²) in [5, 5.41) is 0. The van der Waals surface area contributed by atoms with E-state index in [9.17, 15) is 18.0 Å². The zero-order valence-electron chi connectivity index (χ0n) is 22.3. The number of ketones is 1. The average Bonchev–Trinajstić information content (AvgIpc) is 3.68. The van der Waals surface area contributed by atoms with Crippen LogP contribution >= 0.6 is 0 Å². The van der Waals surface area contributed by atoms with Crippen LogP contribution in [0.5, 0.6) is 5.75 Å². The van der Waals surface area contributed by atoms with Crippen LogP contribution in [0.1, 0.15) is 50.5 Å². The summed E-state index contributed by atoms with van der Waals surface area (Å²) in [6, 6.07) is 13.2. The number of carbonyl (C=O) groups excluding carboxylic acids is 2. The Morgan fingerprint density at radius 1 is 1.08 bits per heavy atom. The number of aromatic nitrogens is 1. The van der Waals surface area contributed by atoms with Gasteiger partial charge in [-0.25, -0.2) is 13.2 Å². The van der Waals surface area contributed by atoms with Gasteiger partial charge in [0.05, 0.1) is 23.8 Å². The quantitative estimate of drug-likeness (QED) is 0.291. The molecule has 3 heterocycles. The number of benzene rings is 2. The monoisotopic (exact) mass is 552 g/mol. The first kappa shape index (κ1) is 27.0. The SMILES string of the molecule is COc1ccc(S(=O)(=O)N2CCc3ccccc32)cc1C(=O)OCC(=O)c1cc(C)n(C[C@@H]2CCCO2)c1C. The van der Waals surface area contributed by atoms with E-state index in [0.29, 0.717) is 30.8 Å². The third kappa shape index (κ3) is 5.18. The van der Waals surface area contributed by atoms with Crippen LogP contribution in [0.3, 0.4) is 0 Å². The van der Waals surface area contributed by atoms with Crippen LogP contribution in [-0.4, -0.2) is 57.7 Å². The van der Waals surface area contributed by atoms with Crippen molar-refractivity contribution in [2.24, 2.45) is 0 Å². The fourth-order valence-electron chi connectivity index (χ4n) is 5.33. The number of methoxy groups -OCH3 is 1. The topological polar surface area (TPSA) is 104 Å².